The topological polar surface area (TPSA) is 121 Å². The quantitative estimate of drug-likeness (QED) is 0.330. The summed E-state index contributed by atoms with van der Waals surface area (Å²) in [6, 6.07) is -0.220. The van der Waals surface area contributed by atoms with E-state index in [4.69, 9.17) is 17.2 Å². The molecule has 0 aliphatic heterocycles. The summed E-state index contributed by atoms with van der Waals surface area (Å²) in [7, 11) is 0. The smallest absolute Gasteiger partial charge is 0.258 e. The van der Waals surface area contributed by atoms with E-state index < -0.39 is 0 Å². The molecular formula is C11H26N5O. The minimum atomic E-state index is -0.220. The number of amides is 1. The van der Waals surface area contributed by atoms with E-state index in [2.05, 4.69) is 10.6 Å². The maximum atomic E-state index is 11.8. The molecule has 1 unspecified atom stereocenters. The third kappa shape index (κ3) is 9.05. The molecule has 0 bridgehead atoms. The van der Waals surface area contributed by atoms with E-state index in [0.717, 1.165) is 32.2 Å². The monoisotopic (exact) mass is 244 g/mol. The summed E-state index contributed by atoms with van der Waals surface area (Å²) in [5, 5.41) is 7.16. The predicted octanol–water partition coefficient (Wildman–Crippen LogP) is -1.49. The van der Waals surface area contributed by atoms with Gasteiger partial charge in [0.1, 0.15) is 0 Å². The number of carbonyl (C=O) groups excluding carboxylic acids is 1. The molecule has 0 aliphatic rings. The zero-order chi connectivity index (χ0) is 12.9. The molecule has 101 valence electrons. The molecule has 0 saturated heterocycles. The molecule has 0 fully saturated rings. The molecule has 0 saturated carbocycles. The summed E-state index contributed by atoms with van der Waals surface area (Å²) in [4.78, 5) is 11.8. The van der Waals surface area contributed by atoms with Gasteiger partial charge in [-0.05, 0) is 51.9 Å². The van der Waals surface area contributed by atoms with Crippen molar-refractivity contribution < 1.29 is 4.79 Å². The van der Waals surface area contributed by atoms with Crippen LogP contribution in [-0.4, -0.2) is 44.7 Å². The van der Waals surface area contributed by atoms with Crippen molar-refractivity contribution in [1.82, 2.24) is 10.6 Å². The number of hydrogen-bond donors (Lipinski definition) is 4. The van der Waals surface area contributed by atoms with Crippen molar-refractivity contribution in [3.63, 3.8) is 0 Å². The molecule has 0 rings (SSSR count). The van der Waals surface area contributed by atoms with Crippen molar-refractivity contribution in [2.24, 2.45) is 17.2 Å². The summed E-state index contributed by atoms with van der Waals surface area (Å²) in [5.41, 5.74) is 16.2. The summed E-state index contributed by atoms with van der Waals surface area (Å²) in [6.45, 7) is 3.02. The van der Waals surface area contributed by atoms with E-state index in [1.807, 2.05) is 0 Å². The zero-order valence-corrected chi connectivity index (χ0v) is 10.5. The van der Waals surface area contributed by atoms with Crippen LogP contribution in [0.1, 0.15) is 25.7 Å². The molecule has 0 aromatic heterocycles. The number of carbonyl (C=O) groups is 1. The van der Waals surface area contributed by atoms with E-state index in [0.29, 0.717) is 26.2 Å². The predicted molar refractivity (Wildman–Crippen MR) is 69.4 cm³/mol. The van der Waals surface area contributed by atoms with E-state index in [1.165, 1.54) is 0 Å². The molecule has 1 radical (unpaired) electrons. The molecule has 0 aromatic carbocycles. The Balaban J connectivity index is 3.91. The highest BCUT2D eigenvalue weighted by molar-refractivity contribution is 5.81. The van der Waals surface area contributed by atoms with Gasteiger partial charge in [0.15, 0.2) is 0 Å². The average molecular weight is 244 g/mol. The Bertz CT molecular complexity index is 189. The van der Waals surface area contributed by atoms with Gasteiger partial charge in [-0.2, -0.15) is 0 Å². The largest absolute Gasteiger partial charge is 0.330 e. The van der Waals surface area contributed by atoms with E-state index in [1.54, 1.807) is 0 Å². The number of nitrogens with one attached hydrogen (secondary N) is 1. The van der Waals surface area contributed by atoms with Gasteiger partial charge in [0.05, 0.1) is 6.04 Å². The minimum Gasteiger partial charge on any atom is -0.330 e. The van der Waals surface area contributed by atoms with Gasteiger partial charge in [0, 0.05) is 6.54 Å². The van der Waals surface area contributed by atoms with Crippen LogP contribution in [0.15, 0.2) is 0 Å². The van der Waals surface area contributed by atoms with Gasteiger partial charge >= 0.3 is 0 Å². The minimum absolute atomic E-state index is 0.0936. The standard InChI is InChI=1S/C11H26N5O/c12-5-1-4-10(15-8-2-6-13)11(17)16-9-3-7-14/h10,15H,1-9,12-14H2. The van der Waals surface area contributed by atoms with Gasteiger partial charge in [-0.3, -0.25) is 10.1 Å². The Hall–Kier alpha value is -0.690. The van der Waals surface area contributed by atoms with E-state index >= 15 is 0 Å². The lowest BCUT2D eigenvalue weighted by atomic mass is 10.1. The van der Waals surface area contributed by atoms with Crippen LogP contribution in [0, 0.1) is 0 Å². The van der Waals surface area contributed by atoms with Crippen LogP contribution in [0.25, 0.3) is 0 Å². The SMILES string of the molecule is NCCC[N]C(=O)C(CCCN)NCCCN. The highest BCUT2D eigenvalue weighted by Gasteiger charge is 2.17. The first kappa shape index (κ1) is 16.3. The fourth-order valence-electron chi connectivity index (χ4n) is 1.40. The average Bonchev–Trinajstić information content (AvgIpc) is 2.33. The lowest BCUT2D eigenvalue weighted by molar-refractivity contribution is -0.123. The van der Waals surface area contributed by atoms with E-state index in [-0.39, 0.29) is 11.9 Å². The van der Waals surface area contributed by atoms with Crippen molar-refractivity contribution in [2.75, 3.05) is 32.7 Å². The molecule has 6 nitrogen and oxygen atoms in total. The molecule has 0 spiro atoms. The second-order valence-corrected chi connectivity index (χ2v) is 3.94. The molecule has 1 atom stereocenters. The van der Waals surface area contributed by atoms with Crippen LogP contribution in [-0.2, 0) is 4.79 Å². The Morgan fingerprint density at radius 2 is 1.71 bits per heavy atom. The third-order valence-electron chi connectivity index (χ3n) is 2.40. The number of rotatable bonds is 11. The normalized spacial score (nSPS) is 12.4. The van der Waals surface area contributed by atoms with Gasteiger partial charge in [-0.1, -0.05) is 0 Å². The van der Waals surface area contributed by atoms with Crippen LogP contribution in [0.3, 0.4) is 0 Å². The second kappa shape index (κ2) is 11.8. The zero-order valence-electron chi connectivity index (χ0n) is 10.5. The van der Waals surface area contributed by atoms with Crippen molar-refractivity contribution in [2.45, 2.75) is 31.7 Å². The fourth-order valence-corrected chi connectivity index (χ4v) is 1.40. The molecule has 0 aromatic rings. The maximum Gasteiger partial charge on any atom is 0.258 e. The maximum absolute atomic E-state index is 11.8. The molecule has 0 aliphatic carbocycles. The van der Waals surface area contributed by atoms with Crippen LogP contribution in [0.5, 0.6) is 0 Å². The Kier molecular flexibility index (Phi) is 11.3. The highest BCUT2D eigenvalue weighted by atomic mass is 16.2. The summed E-state index contributed by atoms with van der Waals surface area (Å²) < 4.78 is 0. The molecule has 17 heavy (non-hydrogen) atoms. The number of nitrogens with zero attached hydrogens (tertiary/aromatic N) is 1. The molecular weight excluding hydrogens is 218 g/mol. The Morgan fingerprint density at radius 1 is 1.06 bits per heavy atom. The van der Waals surface area contributed by atoms with Crippen molar-refractivity contribution >= 4 is 5.91 Å². The van der Waals surface area contributed by atoms with Crippen LogP contribution in [0.4, 0.5) is 0 Å². The second-order valence-electron chi connectivity index (χ2n) is 3.94. The third-order valence-corrected chi connectivity index (χ3v) is 2.40. The lowest BCUT2D eigenvalue weighted by Gasteiger charge is -2.16. The van der Waals surface area contributed by atoms with Crippen LogP contribution in [0.2, 0.25) is 0 Å². The van der Waals surface area contributed by atoms with Crippen molar-refractivity contribution in [3.05, 3.63) is 0 Å². The summed E-state index contributed by atoms with van der Waals surface area (Å²) in [5.74, 6) is -0.0936. The number of nitrogens with two attached hydrogens (primary N) is 3. The first-order chi connectivity index (χ1) is 8.26. The first-order valence-corrected chi connectivity index (χ1v) is 6.31. The lowest BCUT2D eigenvalue weighted by Crippen LogP contribution is -2.42. The summed E-state index contributed by atoms with van der Waals surface area (Å²) >= 11 is 0. The van der Waals surface area contributed by atoms with Crippen molar-refractivity contribution in [3.8, 4) is 0 Å². The van der Waals surface area contributed by atoms with Crippen LogP contribution >= 0.6 is 0 Å². The summed E-state index contributed by atoms with van der Waals surface area (Å²) in [6.07, 6.45) is 3.15. The van der Waals surface area contributed by atoms with Gasteiger partial charge in [-0.15, -0.1) is 0 Å². The van der Waals surface area contributed by atoms with E-state index in [9.17, 15) is 4.79 Å². The molecule has 1 amide bonds. The fraction of sp³-hybridized carbons (Fsp3) is 0.909. The molecule has 0 heterocycles. The van der Waals surface area contributed by atoms with Gasteiger partial charge in [0.2, 0.25) is 0 Å². The van der Waals surface area contributed by atoms with Gasteiger partial charge < -0.3 is 22.5 Å². The Morgan fingerprint density at radius 3 is 2.29 bits per heavy atom. The highest BCUT2D eigenvalue weighted by Crippen LogP contribution is 1.97. The Labute approximate surface area is 104 Å². The molecule has 7 N–H and O–H groups in total. The first-order valence-electron chi connectivity index (χ1n) is 6.31. The van der Waals surface area contributed by atoms with Crippen molar-refractivity contribution in [1.29, 1.82) is 0 Å². The molecule has 6 heteroatoms. The van der Waals surface area contributed by atoms with Crippen LogP contribution < -0.4 is 27.8 Å². The number of hydrogen-bond acceptors (Lipinski definition) is 5. The van der Waals surface area contributed by atoms with Gasteiger partial charge in [0.25, 0.3) is 5.91 Å². The van der Waals surface area contributed by atoms with Gasteiger partial charge in [-0.25, -0.2) is 0 Å².